The molecule has 0 bridgehead atoms. The van der Waals surface area contributed by atoms with E-state index in [0.717, 1.165) is 0 Å². The van der Waals surface area contributed by atoms with E-state index in [1.807, 2.05) is 13.8 Å². The molecule has 2 atom stereocenters. The molecular formula is C14H23NO4. The average Bonchev–Trinajstić information content (AvgIpc) is 2.83. The maximum Gasteiger partial charge on any atom is 0.235 e. The van der Waals surface area contributed by atoms with E-state index in [4.69, 9.17) is 4.74 Å². The predicted molar refractivity (Wildman–Crippen MR) is 69.3 cm³/mol. The molecule has 5 heteroatoms. The molecule has 0 aromatic rings. The van der Waals surface area contributed by atoms with Crippen molar-refractivity contribution in [3.63, 3.8) is 0 Å². The highest BCUT2D eigenvalue weighted by atomic mass is 16.5. The van der Waals surface area contributed by atoms with Crippen LogP contribution in [0.4, 0.5) is 0 Å². The van der Waals surface area contributed by atoms with Crippen molar-refractivity contribution < 1.29 is 19.4 Å². The zero-order valence-electron chi connectivity index (χ0n) is 11.9. The molecule has 2 amide bonds. The summed E-state index contributed by atoms with van der Waals surface area (Å²) in [6, 6.07) is 0. The number of likely N-dealkylation sites (tertiary alicyclic amines) is 1. The van der Waals surface area contributed by atoms with Crippen LogP contribution in [0.15, 0.2) is 0 Å². The number of rotatable bonds is 4. The van der Waals surface area contributed by atoms with Gasteiger partial charge in [-0.2, -0.15) is 0 Å². The average molecular weight is 269 g/mol. The van der Waals surface area contributed by atoms with Crippen LogP contribution in [0, 0.1) is 5.41 Å². The number of hydrogen-bond acceptors (Lipinski definition) is 4. The minimum absolute atomic E-state index is 0.0631. The predicted octanol–water partition coefficient (Wildman–Crippen LogP) is 1.09. The molecule has 108 valence electrons. The third kappa shape index (κ3) is 2.19. The van der Waals surface area contributed by atoms with E-state index in [2.05, 4.69) is 0 Å². The standard InChI is InChI=1S/C14H23NO4/c1-4-13(5-2)8-11(16)15(12(13)17)9-14(18)6-7-19-10(14)3/h10,18H,4-9H2,1-3H3. The molecule has 0 radical (unpaired) electrons. The van der Waals surface area contributed by atoms with E-state index in [1.165, 1.54) is 4.90 Å². The van der Waals surface area contributed by atoms with Gasteiger partial charge in [0.25, 0.3) is 0 Å². The fraction of sp³-hybridized carbons (Fsp3) is 0.857. The van der Waals surface area contributed by atoms with Crippen LogP contribution in [0.2, 0.25) is 0 Å². The first kappa shape index (κ1) is 14.5. The van der Waals surface area contributed by atoms with Crippen LogP contribution in [-0.4, -0.2) is 46.7 Å². The summed E-state index contributed by atoms with van der Waals surface area (Å²) in [7, 11) is 0. The minimum Gasteiger partial charge on any atom is -0.385 e. The highest BCUT2D eigenvalue weighted by molar-refractivity contribution is 6.05. The second-order valence-corrected chi connectivity index (χ2v) is 5.82. The topological polar surface area (TPSA) is 66.8 Å². The summed E-state index contributed by atoms with van der Waals surface area (Å²) in [5, 5.41) is 10.5. The van der Waals surface area contributed by atoms with Crippen molar-refractivity contribution in [1.29, 1.82) is 0 Å². The highest BCUT2D eigenvalue weighted by Gasteiger charge is 2.52. The molecule has 5 nitrogen and oxygen atoms in total. The largest absolute Gasteiger partial charge is 0.385 e. The minimum atomic E-state index is -1.09. The normalized spacial score (nSPS) is 34.3. The van der Waals surface area contributed by atoms with Gasteiger partial charge in [0.1, 0.15) is 5.60 Å². The second-order valence-electron chi connectivity index (χ2n) is 5.82. The van der Waals surface area contributed by atoms with E-state index in [-0.39, 0.29) is 30.9 Å². The van der Waals surface area contributed by atoms with Crippen LogP contribution in [0.25, 0.3) is 0 Å². The summed E-state index contributed by atoms with van der Waals surface area (Å²) in [6.45, 7) is 6.20. The molecule has 0 aromatic carbocycles. The molecule has 2 aliphatic rings. The highest BCUT2D eigenvalue weighted by Crippen LogP contribution is 2.40. The van der Waals surface area contributed by atoms with E-state index >= 15 is 0 Å². The summed E-state index contributed by atoms with van der Waals surface area (Å²) in [4.78, 5) is 25.8. The Bertz CT molecular complexity index is 391. The summed E-state index contributed by atoms with van der Waals surface area (Å²) < 4.78 is 5.35. The first-order chi connectivity index (χ1) is 8.88. The van der Waals surface area contributed by atoms with Gasteiger partial charge in [-0.05, 0) is 19.8 Å². The maximum atomic E-state index is 12.5. The van der Waals surface area contributed by atoms with Gasteiger partial charge < -0.3 is 9.84 Å². The summed E-state index contributed by atoms with van der Waals surface area (Å²) in [6.07, 6.45) is 1.72. The molecule has 2 aliphatic heterocycles. The number of nitrogens with zero attached hydrogens (tertiary/aromatic N) is 1. The molecule has 19 heavy (non-hydrogen) atoms. The van der Waals surface area contributed by atoms with Crippen LogP contribution in [-0.2, 0) is 14.3 Å². The Labute approximate surface area is 113 Å². The number of amides is 2. The van der Waals surface area contributed by atoms with Crippen LogP contribution in [0.5, 0.6) is 0 Å². The number of hydrogen-bond donors (Lipinski definition) is 1. The van der Waals surface area contributed by atoms with Crippen LogP contribution < -0.4 is 0 Å². The first-order valence-electron chi connectivity index (χ1n) is 7.07. The van der Waals surface area contributed by atoms with Gasteiger partial charge >= 0.3 is 0 Å². The molecule has 0 aliphatic carbocycles. The van der Waals surface area contributed by atoms with Gasteiger partial charge in [-0.1, -0.05) is 13.8 Å². The maximum absolute atomic E-state index is 12.5. The molecule has 2 saturated heterocycles. The smallest absolute Gasteiger partial charge is 0.235 e. The third-order valence-corrected chi connectivity index (χ3v) is 4.93. The molecule has 2 unspecified atom stereocenters. The zero-order chi connectivity index (χ0) is 14.3. The van der Waals surface area contributed by atoms with E-state index in [1.54, 1.807) is 6.92 Å². The summed E-state index contributed by atoms with van der Waals surface area (Å²) >= 11 is 0. The van der Waals surface area contributed by atoms with Gasteiger partial charge in [0, 0.05) is 19.4 Å². The second kappa shape index (κ2) is 4.87. The van der Waals surface area contributed by atoms with Crippen molar-refractivity contribution >= 4 is 11.8 Å². The fourth-order valence-corrected chi connectivity index (χ4v) is 3.07. The number of β-amino-alcohol motifs (C(OH)–C–C–N with tert-alkyl or cyclic N) is 1. The van der Waals surface area contributed by atoms with Crippen molar-refractivity contribution in [2.45, 2.75) is 58.2 Å². The Kier molecular flexibility index (Phi) is 3.71. The van der Waals surface area contributed by atoms with E-state index in [9.17, 15) is 14.7 Å². The molecule has 1 N–H and O–H groups in total. The lowest BCUT2D eigenvalue weighted by atomic mass is 9.81. The quantitative estimate of drug-likeness (QED) is 0.776. The lowest BCUT2D eigenvalue weighted by Crippen LogP contribution is -2.50. The summed E-state index contributed by atoms with van der Waals surface area (Å²) in [5.41, 5.74) is -1.65. The van der Waals surface area contributed by atoms with Gasteiger partial charge in [-0.15, -0.1) is 0 Å². The first-order valence-corrected chi connectivity index (χ1v) is 7.07. The van der Waals surface area contributed by atoms with Crippen molar-refractivity contribution in [2.24, 2.45) is 5.41 Å². The lowest BCUT2D eigenvalue weighted by Gasteiger charge is -2.31. The number of carbonyl (C=O) groups is 2. The van der Waals surface area contributed by atoms with Gasteiger partial charge in [-0.3, -0.25) is 14.5 Å². The van der Waals surface area contributed by atoms with E-state index in [0.29, 0.717) is 25.9 Å². The molecule has 2 fully saturated rings. The molecule has 0 saturated carbocycles. The van der Waals surface area contributed by atoms with Crippen LogP contribution in [0.3, 0.4) is 0 Å². The van der Waals surface area contributed by atoms with Crippen LogP contribution >= 0.6 is 0 Å². The Morgan fingerprint density at radius 3 is 2.42 bits per heavy atom. The molecule has 2 heterocycles. The zero-order valence-corrected chi connectivity index (χ0v) is 11.9. The number of ether oxygens (including phenoxy) is 1. The van der Waals surface area contributed by atoms with Gasteiger partial charge in [-0.25, -0.2) is 0 Å². The molecule has 0 spiro atoms. The molecule has 2 rings (SSSR count). The summed E-state index contributed by atoms with van der Waals surface area (Å²) in [5.74, 6) is -0.295. The Morgan fingerprint density at radius 2 is 2.00 bits per heavy atom. The van der Waals surface area contributed by atoms with Crippen LogP contribution in [0.1, 0.15) is 46.5 Å². The van der Waals surface area contributed by atoms with Crippen molar-refractivity contribution in [3.8, 4) is 0 Å². The lowest BCUT2D eigenvalue weighted by molar-refractivity contribution is -0.147. The molecular weight excluding hydrogens is 246 g/mol. The monoisotopic (exact) mass is 269 g/mol. The third-order valence-electron chi connectivity index (χ3n) is 4.93. The fourth-order valence-electron chi connectivity index (χ4n) is 3.07. The number of aliphatic hydroxyl groups is 1. The Morgan fingerprint density at radius 1 is 1.37 bits per heavy atom. The number of carbonyl (C=O) groups excluding carboxylic acids is 2. The van der Waals surface area contributed by atoms with E-state index < -0.39 is 11.0 Å². The molecule has 0 aromatic heterocycles. The Hall–Kier alpha value is -0.940. The van der Waals surface area contributed by atoms with Gasteiger partial charge in [0.05, 0.1) is 18.1 Å². The van der Waals surface area contributed by atoms with Crippen molar-refractivity contribution in [2.75, 3.05) is 13.2 Å². The van der Waals surface area contributed by atoms with Gasteiger partial charge in [0.15, 0.2) is 0 Å². The SMILES string of the molecule is CCC1(CC)CC(=O)N(CC2(O)CCOC2C)C1=O. The number of imide groups is 1. The van der Waals surface area contributed by atoms with Crippen molar-refractivity contribution in [3.05, 3.63) is 0 Å². The van der Waals surface area contributed by atoms with Crippen molar-refractivity contribution in [1.82, 2.24) is 4.90 Å². The van der Waals surface area contributed by atoms with Gasteiger partial charge in [0.2, 0.25) is 11.8 Å². The Balaban J connectivity index is 2.18.